The second kappa shape index (κ2) is 13.0. The first-order chi connectivity index (χ1) is 16.5. The predicted molar refractivity (Wildman–Crippen MR) is 138 cm³/mol. The van der Waals surface area contributed by atoms with Gasteiger partial charge in [-0.25, -0.2) is 4.98 Å². The molecule has 1 aromatic carbocycles. The van der Waals surface area contributed by atoms with Gasteiger partial charge in [-0.05, 0) is 62.7 Å². The molecule has 1 atom stereocenters. The van der Waals surface area contributed by atoms with Crippen molar-refractivity contribution in [3.8, 4) is 16.5 Å². The van der Waals surface area contributed by atoms with Crippen LogP contribution in [0.4, 0.5) is 0 Å². The van der Waals surface area contributed by atoms with E-state index in [9.17, 15) is 4.79 Å². The molecule has 0 saturated heterocycles. The number of methoxy groups -OCH3 is 2. The van der Waals surface area contributed by atoms with Crippen molar-refractivity contribution in [3.63, 3.8) is 0 Å². The van der Waals surface area contributed by atoms with E-state index in [4.69, 9.17) is 9.47 Å². The number of hydrogen-bond donors (Lipinski definition) is 1. The van der Waals surface area contributed by atoms with Crippen LogP contribution in [0, 0.1) is 0 Å². The molecular weight excluding hydrogens is 448 g/mol. The summed E-state index contributed by atoms with van der Waals surface area (Å²) in [5.74, 6) is 1.54. The third-order valence-corrected chi connectivity index (χ3v) is 6.86. The SMILES string of the molecule is COc1ccc(CCN(C)C(C)CCNC(=O)CC=Cc2ccc(-n3ccnc3)s2)cc1OC. The quantitative estimate of drug-likeness (QED) is 0.391. The largest absolute Gasteiger partial charge is 0.493 e. The predicted octanol–water partition coefficient (Wildman–Crippen LogP) is 4.42. The molecule has 0 spiro atoms. The maximum absolute atomic E-state index is 12.2. The molecule has 182 valence electrons. The summed E-state index contributed by atoms with van der Waals surface area (Å²) in [6.07, 6.45) is 11.6. The van der Waals surface area contributed by atoms with Crippen LogP contribution in [0.5, 0.6) is 11.5 Å². The second-order valence-electron chi connectivity index (χ2n) is 8.16. The van der Waals surface area contributed by atoms with Gasteiger partial charge in [-0.1, -0.05) is 12.1 Å². The lowest BCUT2D eigenvalue weighted by Gasteiger charge is -2.25. The highest BCUT2D eigenvalue weighted by Crippen LogP contribution is 2.27. The van der Waals surface area contributed by atoms with E-state index in [1.807, 2.05) is 41.1 Å². The third kappa shape index (κ3) is 7.46. The van der Waals surface area contributed by atoms with Crippen LogP contribution < -0.4 is 14.8 Å². The van der Waals surface area contributed by atoms with Gasteiger partial charge in [-0.2, -0.15) is 0 Å². The Balaban J connectivity index is 1.34. The molecule has 0 fully saturated rings. The van der Waals surface area contributed by atoms with Gasteiger partial charge < -0.3 is 19.7 Å². The fourth-order valence-corrected chi connectivity index (χ4v) is 4.41. The van der Waals surface area contributed by atoms with Gasteiger partial charge in [0.1, 0.15) is 5.00 Å². The summed E-state index contributed by atoms with van der Waals surface area (Å²) in [7, 11) is 5.42. The van der Waals surface area contributed by atoms with E-state index < -0.39 is 0 Å². The minimum atomic E-state index is 0.0443. The molecule has 2 aromatic heterocycles. The van der Waals surface area contributed by atoms with E-state index in [1.54, 1.807) is 38.1 Å². The number of nitrogens with zero attached hydrogens (tertiary/aromatic N) is 3. The highest BCUT2D eigenvalue weighted by molar-refractivity contribution is 7.15. The molecule has 0 aliphatic heterocycles. The number of carbonyl (C=O) groups excluding carboxylic acids is 1. The number of hydrogen-bond acceptors (Lipinski definition) is 6. The number of carbonyl (C=O) groups is 1. The normalized spacial score (nSPS) is 12.3. The summed E-state index contributed by atoms with van der Waals surface area (Å²) in [5, 5.41) is 4.13. The number of likely N-dealkylation sites (N-methyl/N-ethyl adjacent to an activating group) is 1. The molecule has 7 nitrogen and oxygen atoms in total. The number of benzene rings is 1. The van der Waals surface area contributed by atoms with Crippen molar-refractivity contribution in [2.24, 2.45) is 0 Å². The summed E-state index contributed by atoms with van der Waals surface area (Å²) < 4.78 is 12.7. The average molecular weight is 483 g/mol. The number of aromatic nitrogens is 2. The highest BCUT2D eigenvalue weighted by atomic mass is 32.1. The number of thiophene rings is 1. The standard InChI is InChI=1S/C26H34N4O3S/c1-20(29(2)16-13-21-8-10-23(32-3)24(18-21)33-4)12-14-28-25(31)7-5-6-22-9-11-26(34-22)30-17-15-27-19-30/h5-6,8-11,15,17-20H,7,12-14,16H2,1-4H3,(H,28,31). The second-order valence-corrected chi connectivity index (χ2v) is 9.25. The minimum Gasteiger partial charge on any atom is -0.493 e. The van der Waals surface area contributed by atoms with Crippen molar-refractivity contribution in [1.29, 1.82) is 0 Å². The van der Waals surface area contributed by atoms with E-state index in [0.717, 1.165) is 40.8 Å². The van der Waals surface area contributed by atoms with Crippen LogP contribution in [0.2, 0.25) is 0 Å². The van der Waals surface area contributed by atoms with Crippen LogP contribution in [0.3, 0.4) is 0 Å². The van der Waals surface area contributed by atoms with Gasteiger partial charge in [0.2, 0.25) is 5.91 Å². The van der Waals surface area contributed by atoms with Gasteiger partial charge in [-0.3, -0.25) is 9.36 Å². The molecule has 1 N–H and O–H groups in total. The molecule has 8 heteroatoms. The Morgan fingerprint density at radius 2 is 2.06 bits per heavy atom. The third-order valence-electron chi connectivity index (χ3n) is 5.79. The van der Waals surface area contributed by atoms with Gasteiger partial charge in [-0.15, -0.1) is 11.3 Å². The van der Waals surface area contributed by atoms with Gasteiger partial charge >= 0.3 is 0 Å². The number of nitrogens with one attached hydrogen (secondary N) is 1. The average Bonchev–Trinajstić information content (AvgIpc) is 3.54. The molecule has 1 unspecified atom stereocenters. The molecule has 0 aliphatic rings. The lowest BCUT2D eigenvalue weighted by molar-refractivity contribution is -0.120. The molecule has 34 heavy (non-hydrogen) atoms. The van der Waals surface area contributed by atoms with Crippen molar-refractivity contribution in [2.45, 2.75) is 32.2 Å². The summed E-state index contributed by atoms with van der Waals surface area (Å²) in [6, 6.07) is 10.5. The first kappa shape index (κ1) is 25.5. The van der Waals surface area contributed by atoms with Crippen molar-refractivity contribution >= 4 is 23.3 Å². The van der Waals surface area contributed by atoms with E-state index in [2.05, 4.69) is 41.3 Å². The molecule has 3 aromatic rings. The van der Waals surface area contributed by atoms with Crippen LogP contribution >= 0.6 is 11.3 Å². The Hall–Kier alpha value is -3.10. The number of ether oxygens (including phenoxy) is 2. The zero-order valence-corrected chi connectivity index (χ0v) is 21.2. The molecule has 2 heterocycles. The van der Waals surface area contributed by atoms with E-state index in [1.165, 1.54) is 5.56 Å². The monoisotopic (exact) mass is 482 g/mol. The van der Waals surface area contributed by atoms with Crippen molar-refractivity contribution in [2.75, 3.05) is 34.4 Å². The lowest BCUT2D eigenvalue weighted by Crippen LogP contribution is -2.35. The lowest BCUT2D eigenvalue weighted by atomic mass is 10.1. The maximum Gasteiger partial charge on any atom is 0.223 e. The van der Waals surface area contributed by atoms with Gasteiger partial charge in [0.05, 0.1) is 20.5 Å². The molecule has 0 bridgehead atoms. The van der Waals surface area contributed by atoms with Crippen molar-refractivity contribution in [3.05, 3.63) is 65.6 Å². The fraction of sp³-hybridized carbons (Fsp3) is 0.385. The molecular formula is C26H34N4O3S. The van der Waals surface area contributed by atoms with Crippen molar-refractivity contribution in [1.82, 2.24) is 19.8 Å². The Morgan fingerprint density at radius 3 is 2.79 bits per heavy atom. The van der Waals surface area contributed by atoms with Crippen LogP contribution in [0.15, 0.2) is 55.1 Å². The molecule has 1 amide bonds. The highest BCUT2D eigenvalue weighted by Gasteiger charge is 2.11. The zero-order chi connectivity index (χ0) is 24.3. The summed E-state index contributed by atoms with van der Waals surface area (Å²) in [5.41, 5.74) is 1.21. The van der Waals surface area contributed by atoms with E-state index >= 15 is 0 Å². The van der Waals surface area contributed by atoms with Gasteiger partial charge in [0.25, 0.3) is 0 Å². The molecule has 0 aliphatic carbocycles. The van der Waals surface area contributed by atoms with Crippen LogP contribution in [-0.2, 0) is 11.2 Å². The molecule has 0 radical (unpaired) electrons. The topological polar surface area (TPSA) is 68.6 Å². The van der Waals surface area contributed by atoms with Gasteiger partial charge in [0, 0.05) is 42.8 Å². The number of imidazole rings is 1. The summed E-state index contributed by atoms with van der Waals surface area (Å²) in [4.78, 5) is 19.7. The Kier molecular flexibility index (Phi) is 9.73. The number of amides is 1. The summed E-state index contributed by atoms with van der Waals surface area (Å²) in [6.45, 7) is 3.78. The van der Waals surface area contributed by atoms with Crippen LogP contribution in [0.25, 0.3) is 11.1 Å². The Labute approximate surface area is 206 Å². The fourth-order valence-electron chi connectivity index (χ4n) is 3.52. The van der Waals surface area contributed by atoms with Crippen LogP contribution in [-0.4, -0.2) is 60.8 Å². The minimum absolute atomic E-state index is 0.0443. The van der Waals surface area contributed by atoms with E-state index in [-0.39, 0.29) is 5.91 Å². The maximum atomic E-state index is 12.2. The van der Waals surface area contributed by atoms with E-state index in [0.29, 0.717) is 19.0 Å². The molecule has 3 rings (SSSR count). The van der Waals surface area contributed by atoms with Gasteiger partial charge in [0.15, 0.2) is 11.5 Å². The Bertz CT molecular complexity index is 1060. The first-order valence-corrected chi connectivity index (χ1v) is 12.2. The number of rotatable bonds is 13. The zero-order valence-electron chi connectivity index (χ0n) is 20.4. The summed E-state index contributed by atoms with van der Waals surface area (Å²) >= 11 is 1.66. The molecule has 0 saturated carbocycles. The smallest absolute Gasteiger partial charge is 0.223 e. The van der Waals surface area contributed by atoms with Crippen molar-refractivity contribution < 1.29 is 14.3 Å². The Morgan fingerprint density at radius 1 is 1.24 bits per heavy atom. The van der Waals surface area contributed by atoms with Crippen LogP contribution in [0.1, 0.15) is 30.2 Å². The first-order valence-electron chi connectivity index (χ1n) is 11.4.